The van der Waals surface area contributed by atoms with Crippen LogP contribution in [-0.2, 0) is 17.9 Å². The van der Waals surface area contributed by atoms with Crippen LogP contribution in [0.25, 0.3) is 0 Å². The number of amides is 1. The van der Waals surface area contributed by atoms with Gasteiger partial charge in [-0.3, -0.25) is 14.7 Å². The number of rotatable bonds is 5. The van der Waals surface area contributed by atoms with E-state index in [1.165, 1.54) is 16.7 Å². The predicted molar refractivity (Wildman–Crippen MR) is 96.2 cm³/mol. The number of nitrogens with zero attached hydrogens (tertiary/aromatic N) is 3. The minimum atomic E-state index is -0.492. The molecule has 1 N–H and O–H groups in total. The van der Waals surface area contributed by atoms with E-state index in [-0.39, 0.29) is 29.3 Å². The van der Waals surface area contributed by atoms with Gasteiger partial charge in [0.25, 0.3) is 5.69 Å². The van der Waals surface area contributed by atoms with E-state index in [0.29, 0.717) is 25.1 Å². The molecule has 9 nitrogen and oxygen atoms in total. The number of carbonyl (C=O) groups excluding carboxylic acids is 1. The quantitative estimate of drug-likeness (QED) is 0.468. The zero-order valence-electron chi connectivity index (χ0n) is 13.8. The van der Waals surface area contributed by atoms with Gasteiger partial charge in [0.15, 0.2) is 0 Å². The van der Waals surface area contributed by atoms with Crippen LogP contribution in [0.15, 0.2) is 41.5 Å². The predicted octanol–water partition coefficient (Wildman–Crippen LogP) is 1.79. The number of carbonyl (C=O) groups is 1. The summed E-state index contributed by atoms with van der Waals surface area (Å²) in [7, 11) is 0. The number of H-pyrrole nitrogens is 1. The number of ether oxygens (including phenoxy) is 1. The second-order valence-electron chi connectivity index (χ2n) is 6.09. The van der Waals surface area contributed by atoms with Gasteiger partial charge in [-0.1, -0.05) is 0 Å². The molecule has 2 atom stereocenters. The standard InChI is InChI=1S/C16H18N4O5S/c21-15-17-5-6-18(15)8-13-7-14(26)9-19(13)16(22)25-10-11-1-3-12(4-2-11)20(23)24/h1-6,13-14,26H,7-10H2,(H,17,21)/t13-,14-/m0/s1. The summed E-state index contributed by atoms with van der Waals surface area (Å²) in [6.45, 7) is 0.819. The Balaban J connectivity index is 1.61. The average Bonchev–Trinajstić information content (AvgIpc) is 3.19. The fraction of sp³-hybridized carbons (Fsp3) is 0.375. The van der Waals surface area contributed by atoms with Crippen LogP contribution in [0.2, 0.25) is 0 Å². The molecule has 1 aliphatic heterocycles. The van der Waals surface area contributed by atoms with Crippen LogP contribution in [0.3, 0.4) is 0 Å². The molecule has 10 heteroatoms. The van der Waals surface area contributed by atoms with Crippen LogP contribution >= 0.6 is 12.6 Å². The maximum absolute atomic E-state index is 12.4. The van der Waals surface area contributed by atoms with Gasteiger partial charge < -0.3 is 14.6 Å². The number of aromatic nitrogens is 2. The Morgan fingerprint density at radius 2 is 2.12 bits per heavy atom. The Bertz CT molecular complexity index is 847. The average molecular weight is 378 g/mol. The highest BCUT2D eigenvalue weighted by Gasteiger charge is 2.35. The van der Waals surface area contributed by atoms with E-state index in [4.69, 9.17) is 4.74 Å². The lowest BCUT2D eigenvalue weighted by Gasteiger charge is -2.24. The van der Waals surface area contributed by atoms with Crippen molar-refractivity contribution in [3.05, 3.63) is 62.8 Å². The van der Waals surface area contributed by atoms with Gasteiger partial charge in [-0.15, -0.1) is 0 Å². The van der Waals surface area contributed by atoms with Gasteiger partial charge in [0.05, 0.1) is 11.0 Å². The maximum Gasteiger partial charge on any atom is 0.410 e. The highest BCUT2D eigenvalue weighted by atomic mass is 32.1. The van der Waals surface area contributed by atoms with Crippen LogP contribution in [0.4, 0.5) is 10.5 Å². The summed E-state index contributed by atoms with van der Waals surface area (Å²) in [6.07, 6.45) is 3.35. The van der Waals surface area contributed by atoms with Gasteiger partial charge in [0.1, 0.15) is 6.61 Å². The Labute approximate surface area is 154 Å². The number of likely N-dealkylation sites (tertiary alicyclic amines) is 1. The third-order valence-electron chi connectivity index (χ3n) is 4.27. The Hall–Kier alpha value is -2.75. The number of nitro groups is 1. The summed E-state index contributed by atoms with van der Waals surface area (Å²) in [5, 5.41) is 10.7. The topological polar surface area (TPSA) is 110 Å². The van der Waals surface area contributed by atoms with Crippen molar-refractivity contribution in [2.24, 2.45) is 0 Å². The number of hydrogen-bond acceptors (Lipinski definition) is 6. The van der Waals surface area contributed by atoms with Crippen molar-refractivity contribution in [1.82, 2.24) is 14.5 Å². The second kappa shape index (κ2) is 7.65. The van der Waals surface area contributed by atoms with Crippen molar-refractivity contribution in [3.8, 4) is 0 Å². The number of imidazole rings is 1. The molecule has 1 aromatic heterocycles. The summed E-state index contributed by atoms with van der Waals surface area (Å²) in [5.74, 6) is 0. The monoisotopic (exact) mass is 378 g/mol. The molecule has 0 spiro atoms. The van der Waals surface area contributed by atoms with Gasteiger partial charge >= 0.3 is 11.8 Å². The van der Waals surface area contributed by atoms with Gasteiger partial charge in [-0.05, 0) is 24.1 Å². The highest BCUT2D eigenvalue weighted by Crippen LogP contribution is 2.24. The van der Waals surface area contributed by atoms with Crippen molar-refractivity contribution in [1.29, 1.82) is 0 Å². The lowest BCUT2D eigenvalue weighted by Crippen LogP contribution is -2.39. The zero-order valence-corrected chi connectivity index (χ0v) is 14.7. The Kier molecular flexibility index (Phi) is 5.31. The first-order chi connectivity index (χ1) is 12.4. The van der Waals surface area contributed by atoms with Crippen molar-refractivity contribution < 1.29 is 14.5 Å². The first-order valence-electron chi connectivity index (χ1n) is 8.02. The summed E-state index contributed by atoms with van der Waals surface area (Å²) in [6, 6.07) is 5.64. The minimum Gasteiger partial charge on any atom is -0.445 e. The first-order valence-corrected chi connectivity index (χ1v) is 8.54. The smallest absolute Gasteiger partial charge is 0.410 e. The molecule has 1 amide bonds. The summed E-state index contributed by atoms with van der Waals surface area (Å²) in [4.78, 5) is 38.4. The molecule has 1 fully saturated rings. The van der Waals surface area contributed by atoms with Crippen LogP contribution in [0.5, 0.6) is 0 Å². The fourth-order valence-corrected chi connectivity index (χ4v) is 3.37. The molecule has 0 aliphatic carbocycles. The van der Waals surface area contributed by atoms with Crippen LogP contribution < -0.4 is 5.69 Å². The van der Waals surface area contributed by atoms with Gasteiger partial charge in [-0.25, -0.2) is 9.59 Å². The molecule has 2 heterocycles. The minimum absolute atomic E-state index is 0.0153. The van der Waals surface area contributed by atoms with Crippen molar-refractivity contribution in [2.45, 2.75) is 30.9 Å². The third kappa shape index (κ3) is 4.07. The van der Waals surface area contributed by atoms with Crippen LogP contribution in [-0.4, -0.2) is 43.3 Å². The van der Waals surface area contributed by atoms with Crippen molar-refractivity contribution >= 4 is 24.4 Å². The van der Waals surface area contributed by atoms with Crippen LogP contribution in [0, 0.1) is 10.1 Å². The van der Waals surface area contributed by atoms with E-state index in [2.05, 4.69) is 17.6 Å². The molecule has 0 radical (unpaired) electrons. The fourth-order valence-electron chi connectivity index (χ4n) is 2.95. The molecule has 138 valence electrons. The molecule has 1 aliphatic rings. The molecular formula is C16H18N4O5S. The van der Waals surface area contributed by atoms with Crippen molar-refractivity contribution in [3.63, 3.8) is 0 Å². The Morgan fingerprint density at radius 3 is 2.73 bits per heavy atom. The molecule has 26 heavy (non-hydrogen) atoms. The molecule has 1 aromatic carbocycles. The first kappa shape index (κ1) is 18.1. The second-order valence-corrected chi connectivity index (χ2v) is 6.82. The molecule has 2 aromatic rings. The molecule has 0 unspecified atom stereocenters. The number of non-ortho nitro benzene ring substituents is 1. The SMILES string of the molecule is O=C(OCc1ccc([N+](=O)[O-])cc1)N1C[C@@H](S)C[C@H]1Cn1cc[nH]c1=O. The zero-order chi connectivity index (χ0) is 18.7. The number of benzene rings is 1. The number of hydrogen-bond donors (Lipinski definition) is 2. The normalized spacial score (nSPS) is 19.5. The number of nitro benzene ring substituents is 1. The summed E-state index contributed by atoms with van der Waals surface area (Å²) < 4.78 is 6.84. The van der Waals surface area contributed by atoms with Gasteiger partial charge in [0, 0.05) is 42.9 Å². The largest absolute Gasteiger partial charge is 0.445 e. The highest BCUT2D eigenvalue weighted by molar-refractivity contribution is 7.81. The number of nitrogens with one attached hydrogen (secondary N) is 1. The van der Waals surface area contributed by atoms with Crippen molar-refractivity contribution in [2.75, 3.05) is 6.54 Å². The van der Waals surface area contributed by atoms with Crippen LogP contribution in [0.1, 0.15) is 12.0 Å². The molecule has 1 saturated heterocycles. The molecule has 0 saturated carbocycles. The summed E-state index contributed by atoms with van der Waals surface area (Å²) >= 11 is 4.44. The van der Waals surface area contributed by atoms with E-state index in [1.807, 2.05) is 0 Å². The van der Waals surface area contributed by atoms with E-state index in [0.717, 1.165) is 0 Å². The van der Waals surface area contributed by atoms with E-state index < -0.39 is 11.0 Å². The third-order valence-corrected chi connectivity index (χ3v) is 4.64. The molecule has 3 rings (SSSR count). The summed E-state index contributed by atoms with van der Waals surface area (Å²) in [5.41, 5.74) is 0.408. The van der Waals surface area contributed by atoms with E-state index in [1.54, 1.807) is 29.4 Å². The maximum atomic E-state index is 12.4. The molecule has 0 bridgehead atoms. The van der Waals surface area contributed by atoms with E-state index >= 15 is 0 Å². The number of thiol groups is 1. The Morgan fingerprint density at radius 1 is 1.38 bits per heavy atom. The molecular weight excluding hydrogens is 360 g/mol. The number of aromatic amines is 1. The van der Waals surface area contributed by atoms with E-state index in [9.17, 15) is 19.7 Å². The lowest BCUT2D eigenvalue weighted by atomic mass is 10.2. The lowest BCUT2D eigenvalue weighted by molar-refractivity contribution is -0.384. The van der Waals surface area contributed by atoms with Gasteiger partial charge in [-0.2, -0.15) is 12.6 Å². The van der Waals surface area contributed by atoms with Gasteiger partial charge in [0.2, 0.25) is 0 Å².